The Bertz CT molecular complexity index is 438. The minimum absolute atomic E-state index is 0.202. The minimum atomic E-state index is 0.202. The van der Waals surface area contributed by atoms with Gasteiger partial charge in [0, 0.05) is 13.0 Å². The van der Waals surface area contributed by atoms with Crippen molar-refractivity contribution in [3.8, 4) is 0 Å². The summed E-state index contributed by atoms with van der Waals surface area (Å²) in [4.78, 5) is 14.3. The second-order valence-corrected chi connectivity index (χ2v) is 6.74. The number of benzene rings is 1. The van der Waals surface area contributed by atoms with Gasteiger partial charge in [0.25, 0.3) is 0 Å². The number of amides is 1. The van der Waals surface area contributed by atoms with Gasteiger partial charge < -0.3 is 10.2 Å². The van der Waals surface area contributed by atoms with E-state index in [4.69, 9.17) is 0 Å². The van der Waals surface area contributed by atoms with Gasteiger partial charge in [0.1, 0.15) is 0 Å². The Balaban J connectivity index is 1.75. The zero-order valence-corrected chi connectivity index (χ0v) is 14.1. The van der Waals surface area contributed by atoms with Crippen molar-refractivity contribution in [2.75, 3.05) is 20.6 Å². The zero-order chi connectivity index (χ0) is 15.8. The zero-order valence-electron chi connectivity index (χ0n) is 14.1. The lowest BCUT2D eigenvalue weighted by Crippen LogP contribution is -2.34. The molecule has 0 saturated heterocycles. The van der Waals surface area contributed by atoms with Gasteiger partial charge in [-0.25, -0.2) is 0 Å². The first-order chi connectivity index (χ1) is 10.7. The molecule has 1 aromatic rings. The molecule has 0 radical (unpaired) electrons. The maximum absolute atomic E-state index is 12.1. The van der Waals surface area contributed by atoms with Crippen molar-refractivity contribution in [3.63, 3.8) is 0 Å². The minimum Gasteiger partial charge on any atom is -0.354 e. The Hall–Kier alpha value is -1.35. The first kappa shape index (κ1) is 17.0. The van der Waals surface area contributed by atoms with Crippen LogP contribution in [0.3, 0.4) is 0 Å². The summed E-state index contributed by atoms with van der Waals surface area (Å²) in [7, 11) is 4.12. The number of carbonyl (C=O) groups excluding carboxylic acids is 1. The topological polar surface area (TPSA) is 32.3 Å². The number of hydrogen-bond acceptors (Lipinski definition) is 2. The quantitative estimate of drug-likeness (QED) is 0.831. The first-order valence-corrected chi connectivity index (χ1v) is 8.65. The van der Waals surface area contributed by atoms with Crippen molar-refractivity contribution in [3.05, 3.63) is 35.9 Å². The molecular weight excluding hydrogens is 272 g/mol. The second-order valence-electron chi connectivity index (χ2n) is 6.74. The molecule has 0 heterocycles. The monoisotopic (exact) mass is 302 g/mol. The standard InChI is InChI=1S/C19H30N2O/c1-21(2)18(17-11-7-4-8-12-17)15-20-19(22)14-13-16-9-5-3-6-10-16/h4,7-8,11-12,16,18H,3,5-6,9-10,13-15H2,1-2H3,(H,20,22). The van der Waals surface area contributed by atoms with E-state index in [1.807, 2.05) is 6.07 Å². The summed E-state index contributed by atoms with van der Waals surface area (Å²) < 4.78 is 0. The molecule has 1 atom stereocenters. The van der Waals surface area contributed by atoms with Crippen LogP contribution in [0.1, 0.15) is 56.6 Å². The van der Waals surface area contributed by atoms with Crippen LogP contribution in [0, 0.1) is 5.92 Å². The van der Waals surface area contributed by atoms with E-state index in [-0.39, 0.29) is 11.9 Å². The van der Waals surface area contributed by atoms with E-state index in [1.165, 1.54) is 37.7 Å². The van der Waals surface area contributed by atoms with Gasteiger partial charge in [0.05, 0.1) is 6.04 Å². The lowest BCUT2D eigenvalue weighted by Gasteiger charge is -2.25. The van der Waals surface area contributed by atoms with Crippen LogP contribution in [-0.2, 0) is 4.79 Å². The van der Waals surface area contributed by atoms with Crippen LogP contribution < -0.4 is 5.32 Å². The largest absolute Gasteiger partial charge is 0.354 e. The van der Waals surface area contributed by atoms with Crippen LogP contribution in [0.15, 0.2) is 30.3 Å². The molecule has 0 spiro atoms. The van der Waals surface area contributed by atoms with Crippen LogP contribution in [0.5, 0.6) is 0 Å². The van der Waals surface area contributed by atoms with Crippen molar-refractivity contribution in [2.45, 2.75) is 51.0 Å². The summed E-state index contributed by atoms with van der Waals surface area (Å²) in [5.41, 5.74) is 1.25. The normalized spacial score (nSPS) is 17.4. The van der Waals surface area contributed by atoms with Crippen molar-refractivity contribution >= 4 is 5.91 Å². The van der Waals surface area contributed by atoms with Crippen LogP contribution in [0.4, 0.5) is 0 Å². The molecule has 1 N–H and O–H groups in total. The smallest absolute Gasteiger partial charge is 0.220 e. The Morgan fingerprint density at radius 3 is 2.50 bits per heavy atom. The molecule has 3 heteroatoms. The SMILES string of the molecule is CN(C)C(CNC(=O)CCC1CCCCC1)c1ccccc1. The van der Waals surface area contributed by atoms with Crippen LogP contribution >= 0.6 is 0 Å². The van der Waals surface area contributed by atoms with Gasteiger partial charge in [0.15, 0.2) is 0 Å². The van der Waals surface area contributed by atoms with E-state index < -0.39 is 0 Å². The summed E-state index contributed by atoms with van der Waals surface area (Å²) in [5, 5.41) is 3.12. The fraction of sp³-hybridized carbons (Fsp3) is 0.632. The summed E-state index contributed by atoms with van der Waals surface area (Å²) in [6.45, 7) is 0.681. The lowest BCUT2D eigenvalue weighted by molar-refractivity contribution is -0.121. The van der Waals surface area contributed by atoms with E-state index in [2.05, 4.69) is 48.6 Å². The fourth-order valence-electron chi connectivity index (χ4n) is 3.38. The molecule has 1 amide bonds. The Morgan fingerprint density at radius 2 is 1.86 bits per heavy atom. The van der Waals surface area contributed by atoms with Gasteiger partial charge in [-0.1, -0.05) is 62.4 Å². The van der Waals surface area contributed by atoms with Crippen LogP contribution in [-0.4, -0.2) is 31.4 Å². The van der Waals surface area contributed by atoms with Crippen molar-refractivity contribution < 1.29 is 4.79 Å². The molecule has 1 unspecified atom stereocenters. The van der Waals surface area contributed by atoms with E-state index >= 15 is 0 Å². The third-order valence-corrected chi connectivity index (χ3v) is 4.80. The van der Waals surface area contributed by atoms with Crippen molar-refractivity contribution in [2.24, 2.45) is 5.92 Å². The molecule has 22 heavy (non-hydrogen) atoms. The highest BCUT2D eigenvalue weighted by atomic mass is 16.1. The third kappa shape index (κ3) is 5.45. The average Bonchev–Trinajstić information content (AvgIpc) is 2.55. The molecule has 1 aromatic carbocycles. The molecule has 1 aliphatic rings. The lowest BCUT2D eigenvalue weighted by atomic mass is 9.86. The third-order valence-electron chi connectivity index (χ3n) is 4.80. The van der Waals surface area contributed by atoms with E-state index in [1.54, 1.807) is 0 Å². The maximum atomic E-state index is 12.1. The van der Waals surface area contributed by atoms with Crippen molar-refractivity contribution in [1.82, 2.24) is 10.2 Å². The molecule has 1 fully saturated rings. The summed E-state index contributed by atoms with van der Waals surface area (Å²) in [6, 6.07) is 10.6. The molecular formula is C19H30N2O. The van der Waals surface area contributed by atoms with Crippen molar-refractivity contribution in [1.29, 1.82) is 0 Å². The van der Waals surface area contributed by atoms with E-state index in [0.717, 1.165) is 12.3 Å². The number of rotatable bonds is 7. The second kappa shape index (κ2) is 8.94. The molecule has 3 nitrogen and oxygen atoms in total. The number of likely N-dealkylation sites (N-methyl/N-ethyl adjacent to an activating group) is 1. The first-order valence-electron chi connectivity index (χ1n) is 8.65. The van der Waals surface area contributed by atoms with Gasteiger partial charge in [-0.05, 0) is 32.0 Å². The fourth-order valence-corrected chi connectivity index (χ4v) is 3.38. The number of carbonyl (C=O) groups is 1. The van der Waals surface area contributed by atoms with Gasteiger partial charge >= 0.3 is 0 Å². The Morgan fingerprint density at radius 1 is 1.18 bits per heavy atom. The Kier molecular flexibility index (Phi) is 6.91. The molecule has 0 bridgehead atoms. The van der Waals surface area contributed by atoms with Gasteiger partial charge in [0.2, 0.25) is 5.91 Å². The summed E-state index contributed by atoms with van der Waals surface area (Å²) >= 11 is 0. The molecule has 122 valence electrons. The van der Waals surface area contributed by atoms with Gasteiger partial charge in [-0.15, -0.1) is 0 Å². The summed E-state index contributed by atoms with van der Waals surface area (Å²) in [5.74, 6) is 0.978. The van der Waals surface area contributed by atoms with Crippen LogP contribution in [0.25, 0.3) is 0 Å². The highest BCUT2D eigenvalue weighted by molar-refractivity contribution is 5.75. The molecule has 0 aliphatic heterocycles. The van der Waals surface area contributed by atoms with Gasteiger partial charge in [-0.2, -0.15) is 0 Å². The highest BCUT2D eigenvalue weighted by Crippen LogP contribution is 2.27. The van der Waals surface area contributed by atoms with E-state index in [9.17, 15) is 4.79 Å². The Labute approximate surface area is 135 Å². The number of nitrogens with zero attached hydrogens (tertiary/aromatic N) is 1. The maximum Gasteiger partial charge on any atom is 0.220 e. The van der Waals surface area contributed by atoms with Gasteiger partial charge in [-0.3, -0.25) is 4.79 Å². The van der Waals surface area contributed by atoms with E-state index in [0.29, 0.717) is 13.0 Å². The predicted octanol–water partition coefficient (Wildman–Crippen LogP) is 3.77. The predicted molar refractivity (Wildman–Crippen MR) is 91.7 cm³/mol. The summed E-state index contributed by atoms with van der Waals surface area (Å²) in [6.07, 6.45) is 8.45. The average molecular weight is 302 g/mol. The highest BCUT2D eigenvalue weighted by Gasteiger charge is 2.17. The number of hydrogen-bond donors (Lipinski definition) is 1. The molecule has 1 saturated carbocycles. The molecule has 0 aromatic heterocycles. The van der Waals surface area contributed by atoms with Crippen LogP contribution in [0.2, 0.25) is 0 Å². The molecule has 2 rings (SSSR count). The number of nitrogens with one attached hydrogen (secondary N) is 1. The molecule has 1 aliphatic carbocycles.